The van der Waals surface area contributed by atoms with Gasteiger partial charge in [0.15, 0.2) is 0 Å². The van der Waals surface area contributed by atoms with E-state index in [-0.39, 0.29) is 5.84 Å². The molecule has 0 amide bonds. The number of amidine groups is 1. The van der Waals surface area contributed by atoms with E-state index >= 15 is 0 Å². The van der Waals surface area contributed by atoms with Crippen LogP contribution in [0, 0.1) is 18.3 Å². The highest BCUT2D eigenvalue weighted by Gasteiger charge is 2.26. The summed E-state index contributed by atoms with van der Waals surface area (Å²) in [5, 5.41) is 7.48. The van der Waals surface area contributed by atoms with Crippen LogP contribution < -0.4 is 10.6 Å². The molecule has 1 aliphatic rings. The molecule has 3 heteroatoms. The highest BCUT2D eigenvalue weighted by atomic mass is 15.2. The van der Waals surface area contributed by atoms with Gasteiger partial charge in [-0.3, -0.25) is 5.41 Å². The Hall–Kier alpha value is -1.51. The van der Waals surface area contributed by atoms with Gasteiger partial charge in [-0.2, -0.15) is 0 Å². The molecular weight excluding hydrogens is 222 g/mol. The van der Waals surface area contributed by atoms with Crippen molar-refractivity contribution in [2.45, 2.75) is 39.7 Å². The van der Waals surface area contributed by atoms with Crippen molar-refractivity contribution >= 4 is 11.5 Å². The van der Waals surface area contributed by atoms with Crippen molar-refractivity contribution in [3.05, 3.63) is 29.3 Å². The molecule has 1 aliphatic carbocycles. The van der Waals surface area contributed by atoms with Gasteiger partial charge in [0.2, 0.25) is 0 Å². The standard InChI is InChI=1S/C15H23N3/c1-10(2)18(9-12-4-5-12)14-7-6-13(15(16)17)8-11(14)3/h6-8,10,12H,4-5,9H2,1-3H3,(H3,16,17). The summed E-state index contributed by atoms with van der Waals surface area (Å²) in [6.45, 7) is 7.73. The summed E-state index contributed by atoms with van der Waals surface area (Å²) in [4.78, 5) is 2.47. The predicted octanol–water partition coefficient (Wildman–Crippen LogP) is 2.90. The number of benzene rings is 1. The van der Waals surface area contributed by atoms with E-state index in [0.29, 0.717) is 6.04 Å². The van der Waals surface area contributed by atoms with Crippen LogP contribution in [-0.4, -0.2) is 18.4 Å². The zero-order valence-corrected chi connectivity index (χ0v) is 11.5. The number of nitrogens with one attached hydrogen (secondary N) is 1. The Morgan fingerprint density at radius 1 is 1.44 bits per heavy atom. The lowest BCUT2D eigenvalue weighted by atomic mass is 10.1. The van der Waals surface area contributed by atoms with Crippen LogP contribution in [0.2, 0.25) is 0 Å². The quantitative estimate of drug-likeness (QED) is 0.619. The largest absolute Gasteiger partial charge is 0.384 e. The van der Waals surface area contributed by atoms with Crippen molar-refractivity contribution in [1.29, 1.82) is 5.41 Å². The summed E-state index contributed by atoms with van der Waals surface area (Å²) in [7, 11) is 0. The van der Waals surface area contributed by atoms with Crippen LogP contribution in [0.3, 0.4) is 0 Å². The molecule has 0 radical (unpaired) electrons. The van der Waals surface area contributed by atoms with Crippen LogP contribution >= 0.6 is 0 Å². The monoisotopic (exact) mass is 245 g/mol. The Morgan fingerprint density at radius 3 is 2.56 bits per heavy atom. The molecule has 0 saturated heterocycles. The Bertz CT molecular complexity index is 447. The fraction of sp³-hybridized carbons (Fsp3) is 0.533. The van der Waals surface area contributed by atoms with Crippen LogP contribution in [0.25, 0.3) is 0 Å². The fourth-order valence-corrected chi connectivity index (χ4v) is 2.31. The van der Waals surface area contributed by atoms with E-state index in [9.17, 15) is 0 Å². The number of rotatable bonds is 5. The molecule has 0 atom stereocenters. The van der Waals surface area contributed by atoms with E-state index < -0.39 is 0 Å². The summed E-state index contributed by atoms with van der Waals surface area (Å²) in [6, 6.07) is 6.58. The summed E-state index contributed by atoms with van der Waals surface area (Å²) in [6.07, 6.45) is 2.74. The lowest BCUT2D eigenvalue weighted by Crippen LogP contribution is -2.33. The molecular formula is C15H23N3. The molecule has 2 rings (SSSR count). The van der Waals surface area contributed by atoms with Crippen LogP contribution in [0.5, 0.6) is 0 Å². The highest BCUT2D eigenvalue weighted by molar-refractivity contribution is 5.95. The molecule has 1 aromatic rings. The molecule has 0 spiro atoms. The number of anilines is 1. The molecule has 0 heterocycles. The van der Waals surface area contributed by atoms with Gasteiger partial charge in [-0.25, -0.2) is 0 Å². The Balaban J connectivity index is 2.26. The Labute approximate surface area is 109 Å². The van der Waals surface area contributed by atoms with Gasteiger partial charge in [0, 0.05) is 23.8 Å². The molecule has 1 saturated carbocycles. The Kier molecular flexibility index (Phi) is 3.60. The minimum atomic E-state index is 0.142. The van der Waals surface area contributed by atoms with Crippen LogP contribution in [-0.2, 0) is 0 Å². The zero-order chi connectivity index (χ0) is 13.3. The highest BCUT2D eigenvalue weighted by Crippen LogP contribution is 2.33. The Morgan fingerprint density at radius 2 is 2.11 bits per heavy atom. The number of hydrogen-bond donors (Lipinski definition) is 2. The zero-order valence-electron chi connectivity index (χ0n) is 11.5. The second kappa shape index (κ2) is 5.01. The summed E-state index contributed by atoms with van der Waals surface area (Å²) in [5.74, 6) is 1.02. The first-order valence-electron chi connectivity index (χ1n) is 6.70. The van der Waals surface area contributed by atoms with Crippen molar-refractivity contribution in [2.24, 2.45) is 11.7 Å². The first kappa shape index (κ1) is 12.9. The fourth-order valence-electron chi connectivity index (χ4n) is 2.31. The van der Waals surface area contributed by atoms with E-state index in [1.165, 1.54) is 24.1 Å². The van der Waals surface area contributed by atoms with Gasteiger partial charge in [-0.1, -0.05) is 0 Å². The van der Waals surface area contributed by atoms with Crippen LogP contribution in [0.15, 0.2) is 18.2 Å². The number of aryl methyl sites for hydroxylation is 1. The van der Waals surface area contributed by atoms with Gasteiger partial charge in [0.25, 0.3) is 0 Å². The van der Waals surface area contributed by atoms with Crippen molar-refractivity contribution in [3.63, 3.8) is 0 Å². The molecule has 18 heavy (non-hydrogen) atoms. The number of nitrogens with two attached hydrogens (primary N) is 1. The van der Waals surface area contributed by atoms with Crippen LogP contribution in [0.4, 0.5) is 5.69 Å². The third-order valence-electron chi connectivity index (χ3n) is 3.59. The molecule has 98 valence electrons. The molecule has 1 aromatic carbocycles. The molecule has 0 aliphatic heterocycles. The normalized spacial score (nSPS) is 14.9. The van der Waals surface area contributed by atoms with Crippen molar-refractivity contribution in [3.8, 4) is 0 Å². The predicted molar refractivity (Wildman–Crippen MR) is 77.4 cm³/mol. The molecule has 3 nitrogen and oxygen atoms in total. The van der Waals surface area contributed by atoms with Gasteiger partial charge >= 0.3 is 0 Å². The lowest BCUT2D eigenvalue weighted by molar-refractivity contribution is 0.643. The molecule has 1 fully saturated rings. The summed E-state index contributed by atoms with van der Waals surface area (Å²) in [5.41, 5.74) is 8.83. The van der Waals surface area contributed by atoms with Crippen LogP contribution in [0.1, 0.15) is 37.8 Å². The third-order valence-corrected chi connectivity index (χ3v) is 3.59. The first-order valence-corrected chi connectivity index (χ1v) is 6.70. The van der Waals surface area contributed by atoms with E-state index in [0.717, 1.165) is 18.0 Å². The van der Waals surface area contributed by atoms with Gasteiger partial charge < -0.3 is 10.6 Å². The van der Waals surface area contributed by atoms with Crippen molar-refractivity contribution in [2.75, 3.05) is 11.4 Å². The van der Waals surface area contributed by atoms with Gasteiger partial charge in [0.05, 0.1) is 0 Å². The van der Waals surface area contributed by atoms with Gasteiger partial charge in [0.1, 0.15) is 5.84 Å². The summed E-state index contributed by atoms with van der Waals surface area (Å²) < 4.78 is 0. The van der Waals surface area contributed by atoms with Crippen molar-refractivity contribution in [1.82, 2.24) is 0 Å². The maximum Gasteiger partial charge on any atom is 0.122 e. The van der Waals surface area contributed by atoms with Crippen molar-refractivity contribution < 1.29 is 0 Å². The van der Waals surface area contributed by atoms with Gasteiger partial charge in [-0.15, -0.1) is 0 Å². The number of hydrogen-bond acceptors (Lipinski definition) is 2. The maximum absolute atomic E-state index is 7.48. The second-order valence-electron chi connectivity index (χ2n) is 5.60. The van der Waals surface area contributed by atoms with E-state index in [1.807, 2.05) is 12.1 Å². The smallest absolute Gasteiger partial charge is 0.122 e. The average molecular weight is 245 g/mol. The molecule has 3 N–H and O–H groups in total. The second-order valence-corrected chi connectivity index (χ2v) is 5.60. The topological polar surface area (TPSA) is 53.1 Å². The number of nitrogens with zero attached hydrogens (tertiary/aromatic N) is 1. The minimum Gasteiger partial charge on any atom is -0.384 e. The average Bonchev–Trinajstić information content (AvgIpc) is 3.09. The SMILES string of the molecule is Cc1cc(C(=N)N)ccc1N(CC1CC1)C(C)C. The van der Waals surface area contributed by atoms with E-state index in [1.54, 1.807) is 0 Å². The minimum absolute atomic E-state index is 0.142. The maximum atomic E-state index is 7.48. The molecule has 0 unspecified atom stereocenters. The van der Waals surface area contributed by atoms with Gasteiger partial charge in [-0.05, 0) is 63.3 Å². The summed E-state index contributed by atoms with van der Waals surface area (Å²) >= 11 is 0. The lowest BCUT2D eigenvalue weighted by Gasteiger charge is -2.30. The molecule has 0 aromatic heterocycles. The third kappa shape index (κ3) is 2.84. The van der Waals surface area contributed by atoms with E-state index in [2.05, 4.69) is 31.7 Å². The number of nitrogen functional groups attached to an aromatic ring is 1. The molecule has 0 bridgehead atoms. The first-order chi connectivity index (χ1) is 8.49. The van der Waals surface area contributed by atoms with E-state index in [4.69, 9.17) is 11.1 Å².